The highest BCUT2D eigenvalue weighted by Gasteiger charge is 2.29. The molecule has 0 radical (unpaired) electrons. The van der Waals surface area contributed by atoms with Crippen molar-refractivity contribution in [2.75, 3.05) is 0 Å². The first-order chi connectivity index (χ1) is 12.4. The Labute approximate surface area is 152 Å². The third-order valence-electron chi connectivity index (χ3n) is 4.24. The van der Waals surface area contributed by atoms with Crippen LogP contribution in [0.15, 0.2) is 30.3 Å². The molecule has 140 valence electrons. The standard InChI is InChI=1S/C18H24N4O4/c1-3-11(2)14(20-15(23)12-7-5-4-6-8-12)16(24)21-22-18(26)17(25)19-13-9-10-13/h4-8,11,13-14H,3,9-10H2,1-2H3,(H,19,25)(H,20,23)(H,21,24)(H,22,26)/t11-,14-/m0/s1. The number of rotatable bonds is 6. The lowest BCUT2D eigenvalue weighted by atomic mass is 9.98. The van der Waals surface area contributed by atoms with Gasteiger partial charge in [0.1, 0.15) is 6.04 Å². The van der Waals surface area contributed by atoms with Gasteiger partial charge >= 0.3 is 11.8 Å². The van der Waals surface area contributed by atoms with Gasteiger partial charge in [-0.2, -0.15) is 0 Å². The van der Waals surface area contributed by atoms with Gasteiger partial charge in [-0.25, -0.2) is 0 Å². The SMILES string of the molecule is CC[C@H](C)[C@H](NC(=O)c1ccccc1)C(=O)NNC(=O)C(=O)NC1CC1. The third-order valence-corrected chi connectivity index (χ3v) is 4.24. The third kappa shape index (κ3) is 5.58. The lowest BCUT2D eigenvalue weighted by molar-refractivity contribution is -0.141. The zero-order chi connectivity index (χ0) is 19.1. The maximum absolute atomic E-state index is 12.4. The second-order valence-electron chi connectivity index (χ2n) is 6.39. The number of hydrazine groups is 1. The summed E-state index contributed by atoms with van der Waals surface area (Å²) in [4.78, 5) is 48.0. The van der Waals surface area contributed by atoms with E-state index in [1.165, 1.54) is 0 Å². The molecule has 26 heavy (non-hydrogen) atoms. The number of nitrogens with one attached hydrogen (secondary N) is 4. The number of hydrogen-bond donors (Lipinski definition) is 4. The zero-order valence-electron chi connectivity index (χ0n) is 14.9. The molecule has 0 saturated heterocycles. The Balaban J connectivity index is 1.92. The van der Waals surface area contributed by atoms with Crippen LogP contribution in [0.3, 0.4) is 0 Å². The Morgan fingerprint density at radius 3 is 2.27 bits per heavy atom. The van der Waals surface area contributed by atoms with Crippen LogP contribution in [0.1, 0.15) is 43.5 Å². The van der Waals surface area contributed by atoms with Crippen molar-refractivity contribution < 1.29 is 19.2 Å². The molecule has 2 atom stereocenters. The Kier molecular flexibility index (Phi) is 6.71. The fourth-order valence-electron chi connectivity index (χ4n) is 2.25. The van der Waals surface area contributed by atoms with Crippen molar-refractivity contribution in [2.45, 2.75) is 45.2 Å². The summed E-state index contributed by atoms with van der Waals surface area (Å²) in [6.45, 7) is 3.71. The molecule has 4 amide bonds. The Morgan fingerprint density at radius 1 is 1.04 bits per heavy atom. The van der Waals surface area contributed by atoms with Gasteiger partial charge in [-0.15, -0.1) is 0 Å². The smallest absolute Gasteiger partial charge is 0.327 e. The average Bonchev–Trinajstić information content (AvgIpc) is 3.47. The van der Waals surface area contributed by atoms with Gasteiger partial charge < -0.3 is 10.6 Å². The molecule has 0 aromatic heterocycles. The molecule has 8 nitrogen and oxygen atoms in total. The monoisotopic (exact) mass is 360 g/mol. The van der Waals surface area contributed by atoms with E-state index in [0.717, 1.165) is 12.8 Å². The molecule has 0 heterocycles. The highest BCUT2D eigenvalue weighted by molar-refractivity contribution is 6.35. The van der Waals surface area contributed by atoms with E-state index in [4.69, 9.17) is 0 Å². The van der Waals surface area contributed by atoms with Crippen molar-refractivity contribution in [3.05, 3.63) is 35.9 Å². The topological polar surface area (TPSA) is 116 Å². The molecule has 2 rings (SSSR count). The molecule has 4 N–H and O–H groups in total. The largest absolute Gasteiger partial charge is 0.345 e. The number of carbonyl (C=O) groups excluding carboxylic acids is 4. The van der Waals surface area contributed by atoms with Crippen molar-refractivity contribution in [1.82, 2.24) is 21.5 Å². The maximum Gasteiger partial charge on any atom is 0.327 e. The summed E-state index contributed by atoms with van der Waals surface area (Å²) in [6.07, 6.45) is 2.35. The maximum atomic E-state index is 12.4. The van der Waals surface area contributed by atoms with Gasteiger partial charge in [0.15, 0.2) is 0 Å². The summed E-state index contributed by atoms with van der Waals surface area (Å²) < 4.78 is 0. The van der Waals surface area contributed by atoms with E-state index in [1.54, 1.807) is 30.3 Å². The van der Waals surface area contributed by atoms with Crippen LogP contribution in [0.25, 0.3) is 0 Å². The summed E-state index contributed by atoms with van der Waals surface area (Å²) in [5.41, 5.74) is 4.73. The van der Waals surface area contributed by atoms with Gasteiger partial charge in [0.05, 0.1) is 0 Å². The van der Waals surface area contributed by atoms with E-state index in [-0.39, 0.29) is 17.9 Å². The second-order valence-corrected chi connectivity index (χ2v) is 6.39. The second kappa shape index (κ2) is 8.98. The Morgan fingerprint density at radius 2 is 1.69 bits per heavy atom. The first-order valence-corrected chi connectivity index (χ1v) is 8.69. The van der Waals surface area contributed by atoms with Crippen LogP contribution in [-0.4, -0.2) is 35.7 Å². The van der Waals surface area contributed by atoms with Gasteiger partial charge in [-0.3, -0.25) is 30.0 Å². The van der Waals surface area contributed by atoms with Gasteiger partial charge in [0.25, 0.3) is 11.8 Å². The van der Waals surface area contributed by atoms with Crippen LogP contribution in [-0.2, 0) is 14.4 Å². The number of benzene rings is 1. The molecule has 1 saturated carbocycles. The van der Waals surface area contributed by atoms with E-state index in [1.807, 2.05) is 13.8 Å². The van der Waals surface area contributed by atoms with Crippen molar-refractivity contribution in [3.63, 3.8) is 0 Å². The number of hydrogen-bond acceptors (Lipinski definition) is 4. The molecule has 0 aliphatic heterocycles. The van der Waals surface area contributed by atoms with Crippen LogP contribution in [0.5, 0.6) is 0 Å². The minimum Gasteiger partial charge on any atom is -0.345 e. The van der Waals surface area contributed by atoms with Gasteiger partial charge in [0, 0.05) is 11.6 Å². The van der Waals surface area contributed by atoms with E-state index >= 15 is 0 Å². The molecule has 0 unspecified atom stereocenters. The molecule has 1 aliphatic rings. The first-order valence-electron chi connectivity index (χ1n) is 8.69. The number of amides is 4. The van der Waals surface area contributed by atoms with Crippen molar-refractivity contribution in [1.29, 1.82) is 0 Å². The predicted octanol–water partition coefficient (Wildman–Crippen LogP) is 0.257. The predicted molar refractivity (Wildman–Crippen MR) is 94.6 cm³/mol. The van der Waals surface area contributed by atoms with E-state index in [2.05, 4.69) is 21.5 Å². The summed E-state index contributed by atoms with van der Waals surface area (Å²) in [5, 5.41) is 5.20. The molecule has 0 bridgehead atoms. The molecule has 8 heteroatoms. The molecule has 1 aromatic rings. The summed E-state index contributed by atoms with van der Waals surface area (Å²) in [5.74, 6) is -2.87. The molecular formula is C18H24N4O4. The minimum atomic E-state index is -0.942. The Bertz CT molecular complexity index is 673. The van der Waals surface area contributed by atoms with Gasteiger partial charge in [-0.05, 0) is 30.9 Å². The molecule has 1 aromatic carbocycles. The molecule has 0 spiro atoms. The summed E-state index contributed by atoms with van der Waals surface area (Å²) >= 11 is 0. The molecule has 1 fully saturated rings. The minimum absolute atomic E-state index is 0.0435. The van der Waals surface area contributed by atoms with Gasteiger partial charge in [-0.1, -0.05) is 38.5 Å². The zero-order valence-corrected chi connectivity index (χ0v) is 14.9. The van der Waals surface area contributed by atoms with Crippen LogP contribution < -0.4 is 21.5 Å². The fraction of sp³-hybridized carbons (Fsp3) is 0.444. The average molecular weight is 360 g/mol. The lowest BCUT2D eigenvalue weighted by Crippen LogP contribution is -2.56. The molecular weight excluding hydrogens is 336 g/mol. The number of carbonyl (C=O) groups is 4. The van der Waals surface area contributed by atoms with Crippen molar-refractivity contribution >= 4 is 23.6 Å². The highest BCUT2D eigenvalue weighted by Crippen LogP contribution is 2.18. The van der Waals surface area contributed by atoms with Crippen molar-refractivity contribution in [2.24, 2.45) is 5.92 Å². The van der Waals surface area contributed by atoms with Crippen molar-refractivity contribution in [3.8, 4) is 0 Å². The van der Waals surface area contributed by atoms with Crippen LogP contribution in [0.4, 0.5) is 0 Å². The quantitative estimate of drug-likeness (QED) is 0.430. The van der Waals surface area contributed by atoms with Gasteiger partial charge in [0.2, 0.25) is 0 Å². The van der Waals surface area contributed by atoms with E-state index in [0.29, 0.717) is 12.0 Å². The normalized spacial score (nSPS) is 15.3. The first kappa shape index (κ1) is 19.4. The van der Waals surface area contributed by atoms with E-state index < -0.39 is 23.8 Å². The fourth-order valence-corrected chi connectivity index (χ4v) is 2.25. The summed E-state index contributed by atoms with van der Waals surface area (Å²) in [7, 11) is 0. The highest BCUT2D eigenvalue weighted by atomic mass is 16.2. The van der Waals surface area contributed by atoms with Crippen LogP contribution in [0.2, 0.25) is 0 Å². The lowest BCUT2D eigenvalue weighted by Gasteiger charge is -2.23. The summed E-state index contributed by atoms with van der Waals surface area (Å²) in [6, 6.07) is 7.73. The Hall–Kier alpha value is -2.90. The van der Waals surface area contributed by atoms with Crippen LogP contribution >= 0.6 is 0 Å². The molecule has 1 aliphatic carbocycles. The van der Waals surface area contributed by atoms with Crippen LogP contribution in [0, 0.1) is 5.92 Å². The van der Waals surface area contributed by atoms with E-state index in [9.17, 15) is 19.2 Å².